The van der Waals surface area contributed by atoms with E-state index in [1.165, 1.54) is 11.3 Å². The number of anilines is 1. The topological polar surface area (TPSA) is 45.7 Å². The van der Waals surface area contributed by atoms with Crippen molar-refractivity contribution < 1.29 is 9.53 Å². The van der Waals surface area contributed by atoms with Crippen molar-refractivity contribution in [2.24, 2.45) is 0 Å². The molecule has 1 aromatic carbocycles. The van der Waals surface area contributed by atoms with Gasteiger partial charge < -0.3 is 9.64 Å². The van der Waals surface area contributed by atoms with Gasteiger partial charge >= 0.3 is 0 Å². The molecule has 0 bridgehead atoms. The highest BCUT2D eigenvalue weighted by atomic mass is 35.5. The first kappa shape index (κ1) is 19.9. The molecule has 1 amide bonds. The molecule has 0 unspecified atom stereocenters. The molecule has 0 atom stereocenters. The van der Waals surface area contributed by atoms with E-state index in [9.17, 15) is 4.79 Å². The van der Waals surface area contributed by atoms with Crippen molar-refractivity contribution in [3.63, 3.8) is 0 Å². The number of aromatic nitrogens is 1. The summed E-state index contributed by atoms with van der Waals surface area (Å²) in [6.45, 7) is 9.65. The molecule has 2 rings (SSSR count). The molecule has 1 heterocycles. The lowest BCUT2D eigenvalue weighted by Crippen LogP contribution is -2.38. The molecule has 7 heteroatoms. The Morgan fingerprint density at radius 1 is 1.24 bits per heavy atom. The Labute approximate surface area is 158 Å². The van der Waals surface area contributed by atoms with Crippen LogP contribution in [-0.4, -0.2) is 49.1 Å². The van der Waals surface area contributed by atoms with Crippen molar-refractivity contribution in [1.29, 1.82) is 0 Å². The van der Waals surface area contributed by atoms with Crippen LogP contribution in [0.15, 0.2) is 12.1 Å². The number of ether oxygens (including phenoxy) is 1. The highest BCUT2D eigenvalue weighted by Crippen LogP contribution is 2.38. The van der Waals surface area contributed by atoms with E-state index in [4.69, 9.17) is 16.3 Å². The molecular weight excluding hydrogens is 358 g/mol. The van der Waals surface area contributed by atoms with Crippen LogP contribution in [0.4, 0.5) is 5.13 Å². The standard InChI is InChI=1S/C18H26ClN3O2S/c1-5-8-15(23)22(12-11-21(6-2)7-3)18-20-16-14(24-4)10-9-13(19)17(16)25-18/h9-10H,5-8,11-12H2,1-4H3. The maximum Gasteiger partial charge on any atom is 0.228 e. The Hall–Kier alpha value is -1.37. The largest absolute Gasteiger partial charge is 0.494 e. The summed E-state index contributed by atoms with van der Waals surface area (Å²) in [5, 5.41) is 1.32. The SMILES string of the molecule is CCCC(=O)N(CCN(CC)CC)c1nc2c(OC)ccc(Cl)c2s1. The van der Waals surface area contributed by atoms with Crippen LogP contribution in [0.25, 0.3) is 10.2 Å². The van der Waals surface area contributed by atoms with Crippen molar-refractivity contribution in [1.82, 2.24) is 9.88 Å². The van der Waals surface area contributed by atoms with E-state index in [1.54, 1.807) is 18.1 Å². The van der Waals surface area contributed by atoms with E-state index in [2.05, 4.69) is 23.7 Å². The molecule has 2 aromatic rings. The van der Waals surface area contributed by atoms with E-state index >= 15 is 0 Å². The van der Waals surface area contributed by atoms with Crippen molar-refractivity contribution in [2.45, 2.75) is 33.6 Å². The third-order valence-corrected chi connectivity index (χ3v) is 5.74. The second-order valence-corrected chi connectivity index (χ2v) is 7.13. The van der Waals surface area contributed by atoms with Gasteiger partial charge in [0.2, 0.25) is 5.91 Å². The maximum atomic E-state index is 12.7. The van der Waals surface area contributed by atoms with Gasteiger partial charge in [-0.2, -0.15) is 0 Å². The predicted octanol–water partition coefficient (Wildman–Crippen LogP) is 4.43. The second-order valence-electron chi connectivity index (χ2n) is 5.75. The van der Waals surface area contributed by atoms with E-state index in [0.29, 0.717) is 34.4 Å². The number of nitrogens with zero attached hydrogens (tertiary/aromatic N) is 3. The molecule has 25 heavy (non-hydrogen) atoms. The van der Waals surface area contributed by atoms with E-state index in [0.717, 1.165) is 30.8 Å². The molecule has 0 saturated heterocycles. The second kappa shape index (κ2) is 9.36. The van der Waals surface area contributed by atoms with Gasteiger partial charge in [-0.05, 0) is 31.6 Å². The Balaban J connectivity index is 2.37. The number of carbonyl (C=O) groups is 1. The fourth-order valence-electron chi connectivity index (χ4n) is 2.68. The summed E-state index contributed by atoms with van der Waals surface area (Å²) in [5.74, 6) is 0.775. The summed E-state index contributed by atoms with van der Waals surface area (Å²) in [6.07, 6.45) is 1.33. The van der Waals surface area contributed by atoms with Gasteiger partial charge in [-0.1, -0.05) is 43.7 Å². The van der Waals surface area contributed by atoms with Crippen molar-refractivity contribution >= 4 is 44.2 Å². The third-order valence-electron chi connectivity index (χ3n) is 4.20. The molecule has 0 fully saturated rings. The smallest absolute Gasteiger partial charge is 0.228 e. The molecular formula is C18H26ClN3O2S. The fraction of sp³-hybridized carbons (Fsp3) is 0.556. The third kappa shape index (κ3) is 4.63. The van der Waals surface area contributed by atoms with Crippen LogP contribution >= 0.6 is 22.9 Å². The van der Waals surface area contributed by atoms with E-state index in [1.807, 2.05) is 13.0 Å². The Morgan fingerprint density at radius 2 is 1.96 bits per heavy atom. The Bertz CT molecular complexity index is 716. The lowest BCUT2D eigenvalue weighted by molar-refractivity contribution is -0.118. The quantitative estimate of drug-likeness (QED) is 0.642. The Morgan fingerprint density at radius 3 is 2.56 bits per heavy atom. The number of rotatable bonds is 9. The number of methoxy groups -OCH3 is 1. The summed E-state index contributed by atoms with van der Waals surface area (Å²) in [7, 11) is 1.61. The number of thiazole rings is 1. The molecule has 0 N–H and O–H groups in total. The highest BCUT2D eigenvalue weighted by molar-refractivity contribution is 7.23. The van der Waals surface area contributed by atoms with Crippen molar-refractivity contribution in [3.05, 3.63) is 17.2 Å². The summed E-state index contributed by atoms with van der Waals surface area (Å²) in [5.41, 5.74) is 0.715. The number of halogens is 1. The minimum Gasteiger partial charge on any atom is -0.494 e. The number of benzene rings is 1. The zero-order chi connectivity index (χ0) is 18.4. The van der Waals surface area contributed by atoms with Crippen LogP contribution in [0.2, 0.25) is 5.02 Å². The minimum atomic E-state index is 0.101. The van der Waals surface area contributed by atoms with E-state index in [-0.39, 0.29) is 5.91 Å². The first-order valence-electron chi connectivity index (χ1n) is 8.71. The minimum absolute atomic E-state index is 0.101. The average Bonchev–Trinajstić information content (AvgIpc) is 3.05. The van der Waals surface area contributed by atoms with Gasteiger partial charge in [0, 0.05) is 19.5 Å². The highest BCUT2D eigenvalue weighted by Gasteiger charge is 2.21. The molecule has 0 spiro atoms. The number of hydrogen-bond donors (Lipinski definition) is 0. The fourth-order valence-corrected chi connectivity index (χ4v) is 3.98. The van der Waals surface area contributed by atoms with Crippen molar-refractivity contribution in [2.75, 3.05) is 38.2 Å². The normalized spacial score (nSPS) is 11.3. The van der Waals surface area contributed by atoms with Gasteiger partial charge in [0.05, 0.1) is 16.8 Å². The summed E-state index contributed by atoms with van der Waals surface area (Å²) < 4.78 is 6.25. The molecule has 0 aliphatic rings. The van der Waals surface area contributed by atoms with Gasteiger partial charge in [-0.3, -0.25) is 9.69 Å². The first-order chi connectivity index (χ1) is 12.0. The number of carbonyl (C=O) groups excluding carboxylic acids is 1. The summed E-state index contributed by atoms with van der Waals surface area (Å²) in [4.78, 5) is 21.4. The maximum absolute atomic E-state index is 12.7. The summed E-state index contributed by atoms with van der Waals surface area (Å²) >= 11 is 7.77. The van der Waals surface area contributed by atoms with Crippen LogP contribution in [0, 0.1) is 0 Å². The van der Waals surface area contributed by atoms with Gasteiger partial charge in [-0.15, -0.1) is 0 Å². The predicted molar refractivity (Wildman–Crippen MR) is 106 cm³/mol. The van der Waals surface area contributed by atoms with Crippen LogP contribution < -0.4 is 9.64 Å². The van der Waals surface area contributed by atoms with Crippen LogP contribution in [0.1, 0.15) is 33.6 Å². The lowest BCUT2D eigenvalue weighted by atomic mass is 10.3. The summed E-state index contributed by atoms with van der Waals surface area (Å²) in [6, 6.07) is 3.61. The molecule has 5 nitrogen and oxygen atoms in total. The molecule has 0 saturated carbocycles. The number of fused-ring (bicyclic) bond motifs is 1. The molecule has 1 aromatic heterocycles. The molecule has 0 radical (unpaired) electrons. The van der Waals surface area contributed by atoms with Gasteiger partial charge in [-0.25, -0.2) is 4.98 Å². The molecule has 138 valence electrons. The van der Waals surface area contributed by atoms with Crippen LogP contribution in [0.3, 0.4) is 0 Å². The lowest BCUT2D eigenvalue weighted by Gasteiger charge is -2.24. The van der Waals surface area contributed by atoms with Gasteiger partial charge in [0.25, 0.3) is 0 Å². The molecule has 0 aliphatic heterocycles. The number of likely N-dealkylation sites (N-methyl/N-ethyl adjacent to an activating group) is 1. The van der Waals surface area contributed by atoms with Gasteiger partial charge in [0.1, 0.15) is 11.3 Å². The zero-order valence-corrected chi connectivity index (χ0v) is 16.9. The monoisotopic (exact) mass is 383 g/mol. The number of amides is 1. The van der Waals surface area contributed by atoms with Crippen molar-refractivity contribution in [3.8, 4) is 5.75 Å². The van der Waals surface area contributed by atoms with E-state index < -0.39 is 0 Å². The van der Waals surface area contributed by atoms with Gasteiger partial charge in [0.15, 0.2) is 5.13 Å². The first-order valence-corrected chi connectivity index (χ1v) is 9.90. The van der Waals surface area contributed by atoms with Crippen LogP contribution in [-0.2, 0) is 4.79 Å². The zero-order valence-electron chi connectivity index (χ0n) is 15.3. The Kier molecular flexibility index (Phi) is 7.47. The molecule has 0 aliphatic carbocycles. The number of hydrogen-bond acceptors (Lipinski definition) is 5. The van der Waals surface area contributed by atoms with Crippen LogP contribution in [0.5, 0.6) is 5.75 Å². The average molecular weight is 384 g/mol.